The molecule has 0 unspecified atom stereocenters. The summed E-state index contributed by atoms with van der Waals surface area (Å²) in [5.41, 5.74) is 3.77. The van der Waals surface area contributed by atoms with Gasteiger partial charge >= 0.3 is 47.8 Å². The van der Waals surface area contributed by atoms with Crippen LogP contribution in [0.25, 0.3) is 0 Å². The Morgan fingerprint density at radius 1 is 0.361 bits per heavy atom. The quantitative estimate of drug-likeness (QED) is 0.0407. The highest BCUT2D eigenvalue weighted by atomic mass is 16.4. The average molecular weight is 855 g/mol. The van der Waals surface area contributed by atoms with Gasteiger partial charge in [-0.25, -0.2) is 0 Å². The highest BCUT2D eigenvalue weighted by Crippen LogP contribution is 2.33. The molecule has 4 aromatic heterocycles. The highest BCUT2D eigenvalue weighted by Gasteiger charge is 2.28. The van der Waals surface area contributed by atoms with Gasteiger partial charge in [0.2, 0.25) is 0 Å². The molecule has 21 heteroatoms. The van der Waals surface area contributed by atoms with Crippen LogP contribution in [-0.2, 0) is 116 Å². The van der Waals surface area contributed by atoms with E-state index in [2.05, 4.69) is 19.9 Å². The number of hydrogen-bond donors (Lipinski definition) is 13. The predicted octanol–water partition coefficient (Wildman–Crippen LogP) is 1.84. The summed E-state index contributed by atoms with van der Waals surface area (Å²) >= 11 is 0. The van der Waals surface area contributed by atoms with Crippen LogP contribution in [0, 0.1) is 0 Å². The molecule has 0 aliphatic rings. The number of aromatic nitrogens is 4. The maximum absolute atomic E-state index is 12.3. The third kappa shape index (κ3) is 12.7. The number of carboxylic acid groups (broad SMARTS) is 8. The van der Waals surface area contributed by atoms with Crippen molar-refractivity contribution >= 4 is 47.8 Å². The highest BCUT2D eigenvalue weighted by molar-refractivity contribution is 5.75. The van der Waals surface area contributed by atoms with Crippen LogP contribution in [0.1, 0.15) is 110 Å². The third-order valence-electron chi connectivity index (χ3n) is 10.3. The largest absolute Gasteiger partial charge is 0.481 e. The average Bonchev–Trinajstić information content (AvgIpc) is 3.86. The summed E-state index contributed by atoms with van der Waals surface area (Å²) < 4.78 is 0. The molecule has 0 spiro atoms. The molecule has 0 aromatic carbocycles. The zero-order valence-corrected chi connectivity index (χ0v) is 32.7. The van der Waals surface area contributed by atoms with Crippen LogP contribution < -0.4 is 0 Å². The van der Waals surface area contributed by atoms with E-state index in [0.717, 1.165) is 0 Å². The molecule has 0 aliphatic heterocycles. The van der Waals surface area contributed by atoms with E-state index in [0.29, 0.717) is 11.3 Å². The van der Waals surface area contributed by atoms with Crippen molar-refractivity contribution < 1.29 is 84.3 Å². The molecule has 0 saturated heterocycles. The number of aryl methyl sites for hydroxylation is 1. The van der Waals surface area contributed by atoms with Gasteiger partial charge in [0.15, 0.2) is 0 Å². The molecule has 0 amide bonds. The summed E-state index contributed by atoms with van der Waals surface area (Å²) in [5, 5.41) is 87.4. The lowest BCUT2D eigenvalue weighted by atomic mass is 9.94. The summed E-state index contributed by atoms with van der Waals surface area (Å²) in [7, 11) is 0. The minimum absolute atomic E-state index is 0.00502. The summed E-state index contributed by atoms with van der Waals surface area (Å²) in [4.78, 5) is 107. The molecule has 13 N–H and O–H groups in total. The van der Waals surface area contributed by atoms with E-state index in [4.69, 9.17) is 0 Å². The van der Waals surface area contributed by atoms with E-state index < -0.39 is 99.3 Å². The lowest BCUT2D eigenvalue weighted by Gasteiger charge is -2.09. The van der Waals surface area contributed by atoms with Gasteiger partial charge in [0.1, 0.15) is 0 Å². The number of hydrogen-bond acceptors (Lipinski definition) is 9. The van der Waals surface area contributed by atoms with Gasteiger partial charge in [-0.15, -0.1) is 0 Å². The fraction of sp³-hybridized carbons (Fsp3) is 0.400. The molecule has 0 aliphatic carbocycles. The Kier molecular flexibility index (Phi) is 15.8. The Hall–Kier alpha value is -7.16. The number of rotatable bonds is 27. The fourth-order valence-corrected chi connectivity index (χ4v) is 7.74. The first-order valence-electron chi connectivity index (χ1n) is 18.9. The molecule has 0 radical (unpaired) electrons. The number of aliphatic carboxylic acids is 8. The molecule has 0 fully saturated rings. The Balaban J connectivity index is 1.94. The third-order valence-corrected chi connectivity index (χ3v) is 10.3. The summed E-state index contributed by atoms with van der Waals surface area (Å²) in [6, 6.07) is 0. The molecule has 0 bridgehead atoms. The molecular weight excluding hydrogens is 808 g/mol. The van der Waals surface area contributed by atoms with Crippen molar-refractivity contribution in [3.05, 3.63) is 90.6 Å². The standard InChI is InChI=1S/C40H46N4O17/c45-17-32-25(12-40(60)61)21(4-8-36(52)53)29(44-32)15-31-24(11-39(58)59)20(3-7-35(50)51)28(43-31)14-27-19(2-6-34(48)49)23(10-38(56)57)30(42-27)13-26-22(9-37(54)55)18(16-41-26)1-5-33(46)47/h16,41-45H,1-15,17H2,(H,46,47)(H,48,49)(H,50,51)(H,52,53)(H,54,55)(H,56,57)(H,58,59)(H,60,61). The maximum atomic E-state index is 12.3. The zero-order chi connectivity index (χ0) is 45.1. The van der Waals surface area contributed by atoms with Gasteiger partial charge in [-0.2, -0.15) is 0 Å². The molecule has 4 aromatic rings. The Bertz CT molecular complexity index is 2340. The minimum Gasteiger partial charge on any atom is -0.481 e. The molecular formula is C40H46N4O17. The van der Waals surface area contributed by atoms with Crippen LogP contribution in [0.5, 0.6) is 0 Å². The van der Waals surface area contributed by atoms with Crippen LogP contribution in [0.15, 0.2) is 6.20 Å². The second-order valence-corrected chi connectivity index (χ2v) is 14.4. The maximum Gasteiger partial charge on any atom is 0.307 e. The molecule has 61 heavy (non-hydrogen) atoms. The number of aliphatic hydroxyl groups is 1. The molecule has 328 valence electrons. The van der Waals surface area contributed by atoms with Crippen LogP contribution in [-0.4, -0.2) is 114 Å². The number of nitrogens with one attached hydrogen (secondary N) is 4. The van der Waals surface area contributed by atoms with E-state index in [9.17, 15) is 84.3 Å². The summed E-state index contributed by atoms with van der Waals surface area (Å²) in [6.07, 6.45) is -3.50. The van der Waals surface area contributed by atoms with Crippen molar-refractivity contribution in [1.82, 2.24) is 19.9 Å². The van der Waals surface area contributed by atoms with E-state index in [1.807, 2.05) is 0 Å². The molecule has 4 heterocycles. The summed E-state index contributed by atoms with van der Waals surface area (Å²) in [5.74, 6) is -9.81. The van der Waals surface area contributed by atoms with E-state index >= 15 is 0 Å². The van der Waals surface area contributed by atoms with E-state index in [1.54, 1.807) is 0 Å². The summed E-state index contributed by atoms with van der Waals surface area (Å²) in [6.45, 7) is -0.638. The van der Waals surface area contributed by atoms with Crippen LogP contribution in [0.3, 0.4) is 0 Å². The van der Waals surface area contributed by atoms with Crippen molar-refractivity contribution in [3.63, 3.8) is 0 Å². The minimum atomic E-state index is -1.30. The fourth-order valence-electron chi connectivity index (χ4n) is 7.74. The van der Waals surface area contributed by atoms with Crippen LogP contribution in [0.4, 0.5) is 0 Å². The van der Waals surface area contributed by atoms with Gasteiger partial charge < -0.3 is 65.9 Å². The monoisotopic (exact) mass is 854 g/mol. The van der Waals surface area contributed by atoms with Gasteiger partial charge in [0.05, 0.1) is 32.3 Å². The van der Waals surface area contributed by atoms with Crippen molar-refractivity contribution in [1.29, 1.82) is 0 Å². The van der Waals surface area contributed by atoms with E-state index in [1.165, 1.54) is 6.20 Å². The number of carboxylic acids is 8. The van der Waals surface area contributed by atoms with Gasteiger partial charge in [-0.05, 0) is 70.2 Å². The second kappa shape index (κ2) is 20.7. The van der Waals surface area contributed by atoms with Crippen molar-refractivity contribution in [2.45, 2.75) is 103 Å². The Morgan fingerprint density at radius 2 is 0.656 bits per heavy atom. The lowest BCUT2D eigenvalue weighted by molar-refractivity contribution is -0.138. The van der Waals surface area contributed by atoms with Gasteiger partial charge in [0.25, 0.3) is 0 Å². The van der Waals surface area contributed by atoms with Gasteiger partial charge in [-0.1, -0.05) is 0 Å². The first-order chi connectivity index (χ1) is 28.8. The van der Waals surface area contributed by atoms with Gasteiger partial charge in [0, 0.05) is 91.0 Å². The van der Waals surface area contributed by atoms with Crippen molar-refractivity contribution in [2.24, 2.45) is 0 Å². The number of aliphatic hydroxyl groups excluding tert-OH is 1. The molecule has 0 saturated carbocycles. The number of H-pyrrole nitrogens is 4. The van der Waals surface area contributed by atoms with Crippen molar-refractivity contribution in [3.8, 4) is 0 Å². The smallest absolute Gasteiger partial charge is 0.307 e. The van der Waals surface area contributed by atoms with E-state index in [-0.39, 0.29) is 124 Å². The van der Waals surface area contributed by atoms with Crippen molar-refractivity contribution in [2.75, 3.05) is 0 Å². The Labute approximate surface area is 345 Å². The van der Waals surface area contributed by atoms with Gasteiger partial charge in [-0.3, -0.25) is 38.4 Å². The Morgan fingerprint density at radius 3 is 1.00 bits per heavy atom. The SMILES string of the molecule is O=C(O)CCc1c[nH]c(Cc2[nH]c(Cc3[nH]c(Cc4[nH]c(CO)c(CC(=O)O)c4CCC(=O)O)c(CC(=O)O)c3CCC(=O)O)c(CCC(=O)O)c2CC(=O)O)c1CC(=O)O. The number of aromatic amines is 4. The first-order valence-corrected chi connectivity index (χ1v) is 18.9. The molecule has 21 nitrogen and oxygen atoms in total. The zero-order valence-electron chi connectivity index (χ0n) is 32.7. The second-order valence-electron chi connectivity index (χ2n) is 14.4. The first kappa shape index (κ1) is 46.5. The molecule has 0 atom stereocenters. The normalized spacial score (nSPS) is 11.2. The molecule has 4 rings (SSSR count). The topological polar surface area (TPSA) is 382 Å². The lowest BCUT2D eigenvalue weighted by Crippen LogP contribution is -2.09. The predicted molar refractivity (Wildman–Crippen MR) is 207 cm³/mol. The number of carbonyl (C=O) groups is 8. The van der Waals surface area contributed by atoms with Crippen LogP contribution >= 0.6 is 0 Å². The van der Waals surface area contributed by atoms with Crippen LogP contribution in [0.2, 0.25) is 0 Å².